The molecule has 5 heteroatoms. The van der Waals surface area contributed by atoms with E-state index < -0.39 is 5.97 Å². The minimum Gasteiger partial charge on any atom is -0.481 e. The second kappa shape index (κ2) is 7.07. The van der Waals surface area contributed by atoms with Gasteiger partial charge in [0.25, 0.3) is 0 Å². The molecule has 5 nitrogen and oxygen atoms in total. The molecule has 0 aliphatic carbocycles. The van der Waals surface area contributed by atoms with E-state index >= 15 is 0 Å². The van der Waals surface area contributed by atoms with Crippen LogP contribution in [0, 0.1) is 17.3 Å². The summed E-state index contributed by atoms with van der Waals surface area (Å²) in [5.41, 5.74) is 5.79. The average Bonchev–Trinajstić information content (AvgIpc) is 2.82. The molecule has 0 aromatic carbocycles. The Kier molecular flexibility index (Phi) is 5.99. The Hall–Kier alpha value is -1.10. The van der Waals surface area contributed by atoms with Gasteiger partial charge in [-0.05, 0) is 37.1 Å². The topological polar surface area (TPSA) is 83.6 Å². The zero-order valence-electron chi connectivity index (χ0n) is 12.9. The maximum atomic E-state index is 12.2. The fourth-order valence-electron chi connectivity index (χ4n) is 2.86. The van der Waals surface area contributed by atoms with Crippen LogP contribution >= 0.6 is 0 Å². The number of likely N-dealkylation sites (tertiary alicyclic amines) is 1. The number of hydrogen-bond donors (Lipinski definition) is 2. The number of carboxylic acids is 1. The van der Waals surface area contributed by atoms with Crippen molar-refractivity contribution >= 4 is 11.9 Å². The van der Waals surface area contributed by atoms with Gasteiger partial charge in [-0.15, -0.1) is 0 Å². The number of rotatable bonds is 6. The lowest BCUT2D eigenvalue weighted by Crippen LogP contribution is -2.31. The molecule has 1 amide bonds. The third kappa shape index (κ3) is 4.78. The van der Waals surface area contributed by atoms with Crippen molar-refractivity contribution in [2.24, 2.45) is 23.0 Å². The van der Waals surface area contributed by atoms with Crippen LogP contribution < -0.4 is 5.73 Å². The summed E-state index contributed by atoms with van der Waals surface area (Å²) >= 11 is 0. The Bertz CT molecular complexity index is 350. The molecule has 0 saturated carbocycles. The summed E-state index contributed by atoms with van der Waals surface area (Å²) in [6.07, 6.45) is 2.82. The van der Waals surface area contributed by atoms with Crippen LogP contribution in [0.1, 0.15) is 46.5 Å². The summed E-state index contributed by atoms with van der Waals surface area (Å²) in [4.78, 5) is 24.7. The van der Waals surface area contributed by atoms with Gasteiger partial charge in [-0.25, -0.2) is 0 Å². The summed E-state index contributed by atoms with van der Waals surface area (Å²) in [7, 11) is 0. The third-order valence-corrected chi connectivity index (χ3v) is 4.34. The smallest absolute Gasteiger partial charge is 0.308 e. The maximum absolute atomic E-state index is 12.2. The fourth-order valence-corrected chi connectivity index (χ4v) is 2.86. The first-order chi connectivity index (χ1) is 9.25. The van der Waals surface area contributed by atoms with E-state index in [4.69, 9.17) is 10.8 Å². The molecule has 1 fully saturated rings. The van der Waals surface area contributed by atoms with Crippen LogP contribution in [-0.4, -0.2) is 41.5 Å². The second-order valence-electron chi connectivity index (χ2n) is 6.84. The van der Waals surface area contributed by atoms with Crippen molar-refractivity contribution in [3.8, 4) is 0 Å². The Morgan fingerprint density at radius 3 is 2.45 bits per heavy atom. The zero-order valence-corrected chi connectivity index (χ0v) is 12.9. The van der Waals surface area contributed by atoms with E-state index in [0.717, 1.165) is 12.8 Å². The van der Waals surface area contributed by atoms with Gasteiger partial charge in [0.15, 0.2) is 0 Å². The number of carboxylic acid groups (broad SMARTS) is 1. The highest BCUT2D eigenvalue weighted by Crippen LogP contribution is 2.32. The van der Waals surface area contributed by atoms with Gasteiger partial charge < -0.3 is 15.7 Å². The molecule has 0 radical (unpaired) electrons. The molecule has 1 saturated heterocycles. The first kappa shape index (κ1) is 17.0. The summed E-state index contributed by atoms with van der Waals surface area (Å²) < 4.78 is 0. The van der Waals surface area contributed by atoms with Gasteiger partial charge in [0.1, 0.15) is 0 Å². The van der Waals surface area contributed by atoms with Crippen LogP contribution in [0.3, 0.4) is 0 Å². The van der Waals surface area contributed by atoms with E-state index in [1.54, 1.807) is 4.90 Å². The summed E-state index contributed by atoms with van der Waals surface area (Å²) in [5.74, 6) is -0.674. The van der Waals surface area contributed by atoms with Gasteiger partial charge >= 0.3 is 5.97 Å². The normalized spacial score (nSPS) is 21.0. The number of amides is 1. The lowest BCUT2D eigenvalue weighted by atomic mass is 9.76. The van der Waals surface area contributed by atoms with Crippen molar-refractivity contribution in [3.63, 3.8) is 0 Å². The highest BCUT2D eigenvalue weighted by Gasteiger charge is 2.31. The minimum absolute atomic E-state index is 0.0834. The van der Waals surface area contributed by atoms with E-state index in [9.17, 15) is 9.59 Å². The van der Waals surface area contributed by atoms with Crippen molar-refractivity contribution in [3.05, 3.63) is 0 Å². The molecule has 0 spiro atoms. The van der Waals surface area contributed by atoms with Gasteiger partial charge in [0.2, 0.25) is 5.91 Å². The number of carbonyl (C=O) groups excluding carboxylic acids is 1. The average molecular weight is 284 g/mol. The summed E-state index contributed by atoms with van der Waals surface area (Å²) in [6, 6.07) is 0. The third-order valence-electron chi connectivity index (χ3n) is 4.34. The van der Waals surface area contributed by atoms with E-state index in [0.29, 0.717) is 38.4 Å². The highest BCUT2D eigenvalue weighted by molar-refractivity contribution is 5.78. The minimum atomic E-state index is -0.795. The molecule has 0 aromatic heterocycles. The van der Waals surface area contributed by atoms with Crippen molar-refractivity contribution < 1.29 is 14.7 Å². The van der Waals surface area contributed by atoms with E-state index in [-0.39, 0.29) is 17.2 Å². The lowest BCUT2D eigenvalue weighted by Gasteiger charge is -2.31. The monoisotopic (exact) mass is 284 g/mol. The van der Waals surface area contributed by atoms with E-state index in [1.165, 1.54) is 0 Å². The molecular formula is C15H28N2O3. The molecule has 2 atom stereocenters. The number of carbonyl (C=O) groups is 2. The van der Waals surface area contributed by atoms with E-state index in [2.05, 4.69) is 20.8 Å². The number of hydrogen-bond acceptors (Lipinski definition) is 3. The Labute approximate surface area is 121 Å². The Balaban J connectivity index is 2.44. The fraction of sp³-hybridized carbons (Fsp3) is 0.867. The van der Waals surface area contributed by atoms with Crippen molar-refractivity contribution in [1.29, 1.82) is 0 Å². The molecule has 116 valence electrons. The molecule has 0 bridgehead atoms. The van der Waals surface area contributed by atoms with Gasteiger partial charge in [0.05, 0.1) is 5.92 Å². The van der Waals surface area contributed by atoms with Gasteiger partial charge in [0, 0.05) is 19.5 Å². The molecule has 2 unspecified atom stereocenters. The molecule has 0 aromatic rings. The number of nitrogens with two attached hydrogens (primary N) is 1. The predicted molar refractivity (Wildman–Crippen MR) is 78.2 cm³/mol. The number of nitrogens with zero attached hydrogens (tertiary/aromatic N) is 1. The van der Waals surface area contributed by atoms with Crippen molar-refractivity contribution in [2.75, 3.05) is 19.6 Å². The first-order valence-electron chi connectivity index (χ1n) is 7.46. The standard InChI is InChI=1S/C15H28N2O3/c1-15(2,3)12(6-8-16)4-5-13(18)17-9-7-11(10-17)14(19)20/h11-12H,4-10,16H2,1-3H3,(H,19,20). The molecule has 3 N–H and O–H groups in total. The number of aliphatic carboxylic acids is 1. The van der Waals surface area contributed by atoms with Crippen LogP contribution in [-0.2, 0) is 9.59 Å². The second-order valence-corrected chi connectivity index (χ2v) is 6.84. The lowest BCUT2D eigenvalue weighted by molar-refractivity contribution is -0.141. The van der Waals surface area contributed by atoms with Gasteiger partial charge in [-0.3, -0.25) is 9.59 Å². The molecular weight excluding hydrogens is 256 g/mol. The Morgan fingerprint density at radius 2 is 2.00 bits per heavy atom. The molecule has 20 heavy (non-hydrogen) atoms. The van der Waals surface area contributed by atoms with Crippen LogP contribution in [0.15, 0.2) is 0 Å². The SMILES string of the molecule is CC(C)(C)C(CCN)CCC(=O)N1CCC(C(=O)O)C1. The van der Waals surface area contributed by atoms with Crippen LogP contribution in [0.5, 0.6) is 0 Å². The first-order valence-corrected chi connectivity index (χ1v) is 7.46. The Morgan fingerprint density at radius 1 is 1.35 bits per heavy atom. The van der Waals surface area contributed by atoms with Crippen LogP contribution in [0.25, 0.3) is 0 Å². The summed E-state index contributed by atoms with van der Waals surface area (Å²) in [5, 5.41) is 8.96. The zero-order chi connectivity index (χ0) is 15.3. The van der Waals surface area contributed by atoms with Crippen LogP contribution in [0.2, 0.25) is 0 Å². The maximum Gasteiger partial charge on any atom is 0.308 e. The highest BCUT2D eigenvalue weighted by atomic mass is 16.4. The van der Waals surface area contributed by atoms with Crippen molar-refractivity contribution in [2.45, 2.75) is 46.5 Å². The molecule has 1 aliphatic rings. The van der Waals surface area contributed by atoms with Crippen LogP contribution in [0.4, 0.5) is 0 Å². The molecule has 1 heterocycles. The largest absolute Gasteiger partial charge is 0.481 e. The predicted octanol–water partition coefficient (Wildman–Crippen LogP) is 1.71. The van der Waals surface area contributed by atoms with Gasteiger partial charge in [-0.2, -0.15) is 0 Å². The molecule has 1 aliphatic heterocycles. The summed E-state index contributed by atoms with van der Waals surface area (Å²) in [6.45, 7) is 8.11. The van der Waals surface area contributed by atoms with Crippen molar-refractivity contribution in [1.82, 2.24) is 4.90 Å². The van der Waals surface area contributed by atoms with E-state index in [1.807, 2.05) is 0 Å². The van der Waals surface area contributed by atoms with Gasteiger partial charge in [-0.1, -0.05) is 20.8 Å². The quantitative estimate of drug-likeness (QED) is 0.777. The molecule has 1 rings (SSSR count).